The van der Waals surface area contributed by atoms with Gasteiger partial charge in [-0.05, 0) is 18.3 Å². The molecule has 1 aliphatic rings. The quantitative estimate of drug-likeness (QED) is 0.681. The fourth-order valence-corrected chi connectivity index (χ4v) is 1.90. The Morgan fingerprint density at radius 1 is 1.47 bits per heavy atom. The summed E-state index contributed by atoms with van der Waals surface area (Å²) >= 11 is 0. The molecule has 0 saturated heterocycles. The summed E-state index contributed by atoms with van der Waals surface area (Å²) in [5.41, 5.74) is 5.86. The Labute approximate surface area is 92.0 Å². The summed E-state index contributed by atoms with van der Waals surface area (Å²) in [5.74, 6) is 0.313. The summed E-state index contributed by atoms with van der Waals surface area (Å²) in [6, 6.07) is -0.197. The second-order valence-corrected chi connectivity index (χ2v) is 5.15. The first kappa shape index (κ1) is 12.5. The number of carboxylic acid groups (broad SMARTS) is 1. The van der Waals surface area contributed by atoms with Crippen LogP contribution in [0.2, 0.25) is 0 Å². The van der Waals surface area contributed by atoms with Crippen LogP contribution in [0, 0.1) is 17.8 Å². The summed E-state index contributed by atoms with van der Waals surface area (Å²) in [6.07, 6.45) is 6.12. The lowest BCUT2D eigenvalue weighted by molar-refractivity contribution is -0.141. The van der Waals surface area contributed by atoms with Crippen molar-refractivity contribution in [1.82, 2.24) is 0 Å². The van der Waals surface area contributed by atoms with E-state index in [0.29, 0.717) is 5.92 Å². The molecule has 0 bridgehead atoms. The Balaban J connectivity index is 2.16. The highest BCUT2D eigenvalue weighted by Crippen LogP contribution is 2.35. The van der Waals surface area contributed by atoms with E-state index in [1.165, 1.54) is 25.7 Å². The second-order valence-electron chi connectivity index (χ2n) is 5.15. The van der Waals surface area contributed by atoms with Gasteiger partial charge >= 0.3 is 5.97 Å². The third kappa shape index (κ3) is 4.65. The van der Waals surface area contributed by atoms with E-state index in [4.69, 9.17) is 10.8 Å². The van der Waals surface area contributed by atoms with Crippen LogP contribution in [0.15, 0.2) is 0 Å². The van der Waals surface area contributed by atoms with E-state index in [2.05, 4.69) is 6.92 Å². The third-order valence-electron chi connectivity index (χ3n) is 3.47. The van der Waals surface area contributed by atoms with Crippen molar-refractivity contribution in [2.24, 2.45) is 23.5 Å². The molecule has 3 nitrogen and oxygen atoms in total. The average Bonchev–Trinajstić information content (AvgIpc) is 2.96. The van der Waals surface area contributed by atoms with Gasteiger partial charge in [0.25, 0.3) is 0 Å². The fraction of sp³-hybridized carbons (Fsp3) is 0.917. The number of carbonyl (C=O) groups is 1. The predicted octanol–water partition coefficient (Wildman–Crippen LogP) is 2.25. The zero-order valence-corrected chi connectivity index (χ0v) is 9.78. The Bertz CT molecular complexity index is 214. The minimum atomic E-state index is -0.781. The van der Waals surface area contributed by atoms with Crippen molar-refractivity contribution in [1.29, 1.82) is 0 Å². The van der Waals surface area contributed by atoms with E-state index in [9.17, 15) is 4.79 Å². The molecule has 1 aliphatic carbocycles. The maximum Gasteiger partial charge on any atom is 0.307 e. The molecular formula is C12H23NO2. The van der Waals surface area contributed by atoms with Crippen molar-refractivity contribution in [3.05, 3.63) is 0 Å². The van der Waals surface area contributed by atoms with Gasteiger partial charge in [-0.3, -0.25) is 4.79 Å². The van der Waals surface area contributed by atoms with Crippen LogP contribution < -0.4 is 5.73 Å². The molecule has 0 spiro atoms. The highest BCUT2D eigenvalue weighted by molar-refractivity contribution is 5.70. The Morgan fingerprint density at radius 3 is 2.53 bits per heavy atom. The zero-order valence-electron chi connectivity index (χ0n) is 9.78. The van der Waals surface area contributed by atoms with Gasteiger partial charge in [0.2, 0.25) is 0 Å². The molecule has 0 radical (unpaired) electrons. The number of aliphatic carboxylic acids is 1. The van der Waals surface area contributed by atoms with E-state index in [-0.39, 0.29) is 6.04 Å². The van der Waals surface area contributed by atoms with Gasteiger partial charge in [0.1, 0.15) is 0 Å². The zero-order chi connectivity index (χ0) is 11.4. The minimum Gasteiger partial charge on any atom is -0.481 e. The maximum atomic E-state index is 10.7. The molecule has 2 unspecified atom stereocenters. The molecule has 0 heterocycles. The van der Waals surface area contributed by atoms with E-state index >= 15 is 0 Å². The van der Waals surface area contributed by atoms with Crippen LogP contribution in [0.25, 0.3) is 0 Å². The van der Waals surface area contributed by atoms with Crippen LogP contribution in [0.5, 0.6) is 0 Å². The summed E-state index contributed by atoms with van der Waals surface area (Å²) in [7, 11) is 0. The van der Waals surface area contributed by atoms with Gasteiger partial charge < -0.3 is 10.8 Å². The van der Waals surface area contributed by atoms with Crippen LogP contribution in [0.3, 0.4) is 0 Å². The molecule has 0 aromatic carbocycles. The van der Waals surface area contributed by atoms with E-state index < -0.39 is 11.9 Å². The predicted molar refractivity (Wildman–Crippen MR) is 60.5 cm³/mol. The van der Waals surface area contributed by atoms with Crippen LogP contribution in [-0.2, 0) is 4.79 Å². The largest absolute Gasteiger partial charge is 0.481 e. The maximum absolute atomic E-state index is 10.7. The summed E-state index contributed by atoms with van der Waals surface area (Å²) in [5, 5.41) is 8.81. The highest BCUT2D eigenvalue weighted by atomic mass is 16.4. The molecule has 3 atom stereocenters. The number of hydrogen-bond acceptors (Lipinski definition) is 2. The van der Waals surface area contributed by atoms with Gasteiger partial charge in [0.05, 0.1) is 5.92 Å². The standard InChI is InChI=1S/C12H23NO2/c1-8(3-4-10-5-6-10)7-11(13)9(2)12(14)15/h8-11H,3-7,13H2,1-2H3,(H,14,15)/t8?,9?,11-/m0/s1. The van der Waals surface area contributed by atoms with Crippen molar-refractivity contribution < 1.29 is 9.90 Å². The minimum absolute atomic E-state index is 0.197. The van der Waals surface area contributed by atoms with Crippen molar-refractivity contribution in [3.63, 3.8) is 0 Å². The lowest BCUT2D eigenvalue weighted by atomic mass is 9.90. The number of carboxylic acids is 1. The molecule has 0 amide bonds. The van der Waals surface area contributed by atoms with E-state index in [1.54, 1.807) is 6.92 Å². The molecule has 3 N–H and O–H groups in total. The first-order chi connectivity index (χ1) is 7.00. The monoisotopic (exact) mass is 213 g/mol. The molecular weight excluding hydrogens is 190 g/mol. The Hall–Kier alpha value is -0.570. The molecule has 3 heteroatoms. The normalized spacial score (nSPS) is 22.1. The van der Waals surface area contributed by atoms with Crippen LogP contribution in [-0.4, -0.2) is 17.1 Å². The Kier molecular flexibility index (Phi) is 4.58. The topological polar surface area (TPSA) is 63.3 Å². The molecule has 1 saturated carbocycles. The summed E-state index contributed by atoms with van der Waals surface area (Å²) in [6.45, 7) is 3.87. The molecule has 0 aromatic heterocycles. The lowest BCUT2D eigenvalue weighted by Crippen LogP contribution is -2.34. The van der Waals surface area contributed by atoms with Gasteiger partial charge in [-0.15, -0.1) is 0 Å². The van der Waals surface area contributed by atoms with Gasteiger partial charge in [-0.1, -0.05) is 39.5 Å². The fourth-order valence-electron chi connectivity index (χ4n) is 1.90. The third-order valence-corrected chi connectivity index (χ3v) is 3.47. The first-order valence-corrected chi connectivity index (χ1v) is 5.99. The van der Waals surface area contributed by atoms with Crippen molar-refractivity contribution in [3.8, 4) is 0 Å². The molecule has 15 heavy (non-hydrogen) atoms. The van der Waals surface area contributed by atoms with Gasteiger partial charge in [0, 0.05) is 6.04 Å². The van der Waals surface area contributed by atoms with Crippen molar-refractivity contribution in [2.75, 3.05) is 0 Å². The van der Waals surface area contributed by atoms with Crippen LogP contribution >= 0.6 is 0 Å². The Morgan fingerprint density at radius 2 is 2.07 bits per heavy atom. The number of nitrogens with two attached hydrogens (primary N) is 1. The molecule has 0 aromatic rings. The summed E-state index contributed by atoms with van der Waals surface area (Å²) in [4.78, 5) is 10.7. The molecule has 1 fully saturated rings. The van der Waals surface area contributed by atoms with E-state index in [0.717, 1.165) is 12.3 Å². The van der Waals surface area contributed by atoms with E-state index in [1.807, 2.05) is 0 Å². The lowest BCUT2D eigenvalue weighted by Gasteiger charge is -2.20. The van der Waals surface area contributed by atoms with Gasteiger partial charge in [0.15, 0.2) is 0 Å². The van der Waals surface area contributed by atoms with Gasteiger partial charge in [-0.2, -0.15) is 0 Å². The molecule has 1 rings (SSSR count). The molecule has 0 aliphatic heterocycles. The smallest absolute Gasteiger partial charge is 0.307 e. The summed E-state index contributed by atoms with van der Waals surface area (Å²) < 4.78 is 0. The second kappa shape index (κ2) is 5.50. The number of rotatable bonds is 7. The van der Waals surface area contributed by atoms with Crippen LogP contribution in [0.4, 0.5) is 0 Å². The van der Waals surface area contributed by atoms with Crippen molar-refractivity contribution in [2.45, 2.75) is 52.0 Å². The van der Waals surface area contributed by atoms with Crippen LogP contribution in [0.1, 0.15) is 46.0 Å². The average molecular weight is 213 g/mol. The van der Waals surface area contributed by atoms with Gasteiger partial charge in [-0.25, -0.2) is 0 Å². The SMILES string of the molecule is CC(CCC1CC1)C[C@H](N)C(C)C(=O)O. The molecule has 88 valence electrons. The van der Waals surface area contributed by atoms with Crippen molar-refractivity contribution >= 4 is 5.97 Å². The number of hydrogen-bond donors (Lipinski definition) is 2. The highest BCUT2D eigenvalue weighted by Gasteiger charge is 2.24. The first-order valence-electron chi connectivity index (χ1n) is 5.99.